The topological polar surface area (TPSA) is 56.3 Å². The zero-order valence-corrected chi connectivity index (χ0v) is 11.4. The Labute approximate surface area is 113 Å². The van der Waals surface area contributed by atoms with Gasteiger partial charge in [0, 0.05) is 18.0 Å². The molecule has 0 atom stereocenters. The lowest BCUT2D eigenvalue weighted by Crippen LogP contribution is -2.13. The molecule has 1 heterocycles. The SMILES string of the molecule is CS(=O)(=O)OCCc1nc(C(F)(F)F)ccc1CCl. The van der Waals surface area contributed by atoms with Crippen molar-refractivity contribution in [2.24, 2.45) is 0 Å². The molecule has 0 bridgehead atoms. The molecule has 1 aromatic rings. The number of pyridine rings is 1. The number of rotatable bonds is 5. The lowest BCUT2D eigenvalue weighted by molar-refractivity contribution is -0.141. The zero-order valence-electron chi connectivity index (χ0n) is 9.87. The van der Waals surface area contributed by atoms with Crippen molar-refractivity contribution in [2.45, 2.75) is 18.5 Å². The minimum Gasteiger partial charge on any atom is -0.270 e. The smallest absolute Gasteiger partial charge is 0.270 e. The summed E-state index contributed by atoms with van der Waals surface area (Å²) < 4.78 is 63.5. The second kappa shape index (κ2) is 6.06. The van der Waals surface area contributed by atoms with Crippen LogP contribution in [0.1, 0.15) is 17.0 Å². The molecule has 0 saturated carbocycles. The van der Waals surface area contributed by atoms with Crippen LogP contribution >= 0.6 is 11.6 Å². The molecule has 0 N–H and O–H groups in total. The largest absolute Gasteiger partial charge is 0.433 e. The van der Waals surface area contributed by atoms with E-state index in [1.54, 1.807) is 0 Å². The molecule has 0 aliphatic rings. The maximum absolute atomic E-state index is 12.5. The highest BCUT2D eigenvalue weighted by molar-refractivity contribution is 7.85. The first-order valence-electron chi connectivity index (χ1n) is 5.10. The number of aromatic nitrogens is 1. The predicted molar refractivity (Wildman–Crippen MR) is 63.3 cm³/mol. The van der Waals surface area contributed by atoms with Gasteiger partial charge in [-0.1, -0.05) is 6.07 Å². The third-order valence-electron chi connectivity index (χ3n) is 2.14. The van der Waals surface area contributed by atoms with Crippen molar-refractivity contribution in [2.75, 3.05) is 12.9 Å². The highest BCUT2D eigenvalue weighted by Crippen LogP contribution is 2.28. The highest BCUT2D eigenvalue weighted by atomic mass is 35.5. The van der Waals surface area contributed by atoms with Crippen LogP contribution < -0.4 is 0 Å². The van der Waals surface area contributed by atoms with E-state index in [9.17, 15) is 21.6 Å². The molecule has 108 valence electrons. The molecule has 4 nitrogen and oxygen atoms in total. The third kappa shape index (κ3) is 5.33. The second-order valence-corrected chi connectivity index (χ2v) is 5.62. The van der Waals surface area contributed by atoms with Gasteiger partial charge in [0.2, 0.25) is 0 Å². The van der Waals surface area contributed by atoms with Crippen LogP contribution in [0.15, 0.2) is 12.1 Å². The summed E-state index contributed by atoms with van der Waals surface area (Å²) in [5, 5.41) is 0. The Hall–Kier alpha value is -0.860. The minimum atomic E-state index is -4.56. The minimum absolute atomic E-state index is 0.0145. The Morgan fingerprint density at radius 2 is 2.00 bits per heavy atom. The van der Waals surface area contributed by atoms with Crippen LogP contribution in [0.25, 0.3) is 0 Å². The number of nitrogens with zero attached hydrogens (tertiary/aromatic N) is 1. The van der Waals surface area contributed by atoms with E-state index in [1.165, 1.54) is 6.07 Å². The van der Waals surface area contributed by atoms with Crippen LogP contribution in [0.4, 0.5) is 13.2 Å². The van der Waals surface area contributed by atoms with E-state index in [0.29, 0.717) is 5.56 Å². The van der Waals surface area contributed by atoms with Crippen LogP contribution in [0, 0.1) is 0 Å². The predicted octanol–water partition coefficient (Wildman–Crippen LogP) is 2.36. The van der Waals surface area contributed by atoms with Crippen molar-refractivity contribution in [3.05, 3.63) is 29.1 Å². The van der Waals surface area contributed by atoms with Crippen molar-refractivity contribution >= 4 is 21.7 Å². The summed E-state index contributed by atoms with van der Waals surface area (Å²) in [4.78, 5) is 3.45. The fourth-order valence-corrected chi connectivity index (χ4v) is 1.95. The first-order valence-corrected chi connectivity index (χ1v) is 7.45. The van der Waals surface area contributed by atoms with Crippen molar-refractivity contribution in [3.63, 3.8) is 0 Å². The number of hydrogen-bond acceptors (Lipinski definition) is 4. The molecule has 0 fully saturated rings. The number of alkyl halides is 4. The molecule has 0 saturated heterocycles. The summed E-state index contributed by atoms with van der Waals surface area (Å²) in [6, 6.07) is 2.05. The van der Waals surface area contributed by atoms with E-state index in [0.717, 1.165) is 12.3 Å². The van der Waals surface area contributed by atoms with Crippen LogP contribution in [0.2, 0.25) is 0 Å². The first kappa shape index (κ1) is 16.2. The molecule has 1 rings (SSSR count). The number of hydrogen-bond donors (Lipinski definition) is 0. The molecule has 19 heavy (non-hydrogen) atoms. The lowest BCUT2D eigenvalue weighted by Gasteiger charge is -2.11. The van der Waals surface area contributed by atoms with Gasteiger partial charge in [0.25, 0.3) is 10.1 Å². The van der Waals surface area contributed by atoms with Crippen molar-refractivity contribution in [3.8, 4) is 0 Å². The Morgan fingerprint density at radius 3 is 2.47 bits per heavy atom. The third-order valence-corrected chi connectivity index (χ3v) is 3.02. The molecule has 9 heteroatoms. The molecule has 1 aromatic heterocycles. The van der Waals surface area contributed by atoms with Gasteiger partial charge >= 0.3 is 6.18 Å². The first-order chi connectivity index (χ1) is 8.63. The molecule has 0 aliphatic carbocycles. The van der Waals surface area contributed by atoms with E-state index in [1.807, 2.05) is 0 Å². The second-order valence-electron chi connectivity index (χ2n) is 3.71. The van der Waals surface area contributed by atoms with E-state index < -0.39 is 22.0 Å². The van der Waals surface area contributed by atoms with E-state index in [-0.39, 0.29) is 24.6 Å². The van der Waals surface area contributed by atoms with E-state index in [4.69, 9.17) is 11.6 Å². The lowest BCUT2D eigenvalue weighted by atomic mass is 10.1. The van der Waals surface area contributed by atoms with Gasteiger partial charge in [-0.3, -0.25) is 4.18 Å². The van der Waals surface area contributed by atoms with Gasteiger partial charge in [0.1, 0.15) is 5.69 Å². The Morgan fingerprint density at radius 1 is 1.37 bits per heavy atom. The van der Waals surface area contributed by atoms with E-state index >= 15 is 0 Å². The summed E-state index contributed by atoms with van der Waals surface area (Å²) in [6.45, 7) is -0.281. The monoisotopic (exact) mass is 317 g/mol. The van der Waals surface area contributed by atoms with Gasteiger partial charge in [-0.15, -0.1) is 11.6 Å². The van der Waals surface area contributed by atoms with Crippen molar-refractivity contribution < 1.29 is 25.8 Å². The van der Waals surface area contributed by atoms with Crippen LogP contribution in [0.3, 0.4) is 0 Å². The molecule has 0 spiro atoms. The van der Waals surface area contributed by atoms with Crippen LogP contribution in [-0.4, -0.2) is 26.3 Å². The average Bonchev–Trinajstić information content (AvgIpc) is 2.26. The van der Waals surface area contributed by atoms with Crippen LogP contribution in [0.5, 0.6) is 0 Å². The average molecular weight is 318 g/mol. The Kier molecular flexibility index (Phi) is 5.17. The van der Waals surface area contributed by atoms with Gasteiger partial charge < -0.3 is 0 Å². The summed E-state index contributed by atoms with van der Waals surface area (Å²) in [6.07, 6.45) is -3.77. The molecular formula is C10H11ClF3NO3S. The Balaban J connectivity index is 2.91. The molecule has 0 unspecified atom stereocenters. The van der Waals surface area contributed by atoms with Gasteiger partial charge in [-0.2, -0.15) is 21.6 Å². The van der Waals surface area contributed by atoms with Crippen LogP contribution in [-0.2, 0) is 32.8 Å². The van der Waals surface area contributed by atoms with Gasteiger partial charge in [0.15, 0.2) is 0 Å². The molecule has 0 aromatic carbocycles. The van der Waals surface area contributed by atoms with Gasteiger partial charge in [-0.05, 0) is 11.6 Å². The summed E-state index contributed by atoms with van der Waals surface area (Å²) in [5.41, 5.74) is -0.559. The molecule has 0 amide bonds. The molecule has 0 aliphatic heterocycles. The number of halogens is 4. The molecular weight excluding hydrogens is 307 g/mol. The molecule has 0 radical (unpaired) electrons. The quantitative estimate of drug-likeness (QED) is 0.618. The van der Waals surface area contributed by atoms with Crippen molar-refractivity contribution in [1.29, 1.82) is 0 Å². The van der Waals surface area contributed by atoms with Gasteiger partial charge in [0.05, 0.1) is 12.9 Å². The standard InChI is InChI=1S/C10H11ClF3NO3S/c1-19(16,17)18-5-4-8-7(6-11)2-3-9(15-8)10(12,13)14/h2-3H,4-6H2,1H3. The maximum atomic E-state index is 12.5. The summed E-state index contributed by atoms with van der Waals surface area (Å²) >= 11 is 5.59. The summed E-state index contributed by atoms with van der Waals surface area (Å²) in [5.74, 6) is -0.0145. The highest BCUT2D eigenvalue weighted by Gasteiger charge is 2.32. The zero-order chi connectivity index (χ0) is 14.7. The van der Waals surface area contributed by atoms with E-state index in [2.05, 4.69) is 9.17 Å². The maximum Gasteiger partial charge on any atom is 0.433 e. The van der Waals surface area contributed by atoms with Gasteiger partial charge in [-0.25, -0.2) is 4.98 Å². The normalized spacial score (nSPS) is 12.7. The fraction of sp³-hybridized carbons (Fsp3) is 0.500. The Bertz CT molecular complexity index is 545. The van der Waals surface area contributed by atoms with Crippen molar-refractivity contribution in [1.82, 2.24) is 4.98 Å². The summed E-state index contributed by atoms with van der Waals surface area (Å²) in [7, 11) is -3.64. The fourth-order valence-electron chi connectivity index (χ4n) is 1.32.